The van der Waals surface area contributed by atoms with Crippen molar-refractivity contribution >= 4 is 29.7 Å². The van der Waals surface area contributed by atoms with E-state index in [0.717, 1.165) is 49.2 Å². The van der Waals surface area contributed by atoms with E-state index < -0.39 is 12.2 Å². The minimum Gasteiger partial charge on any atom is -0.507 e. The molecule has 3 saturated heterocycles. The van der Waals surface area contributed by atoms with Crippen LogP contribution in [0.15, 0.2) is 66.7 Å². The highest BCUT2D eigenvalue weighted by Gasteiger charge is 2.36. The molecule has 13 nitrogen and oxygen atoms in total. The third kappa shape index (κ3) is 9.44. The Morgan fingerprint density at radius 3 is 2.12 bits per heavy atom. The highest BCUT2D eigenvalue weighted by molar-refractivity contribution is 5.91. The Morgan fingerprint density at radius 1 is 0.786 bits per heavy atom. The van der Waals surface area contributed by atoms with Gasteiger partial charge in [0.2, 0.25) is 0 Å². The minimum absolute atomic E-state index is 0.00609. The molecule has 0 aliphatic carbocycles. The van der Waals surface area contributed by atoms with E-state index in [2.05, 4.69) is 15.1 Å². The lowest BCUT2D eigenvalue weighted by Crippen LogP contribution is -2.57. The Bertz CT molecular complexity index is 1840. The standard InChI is InChI=1S/C43H54N6O7/c1-30-26-32(27-31(2)40(30)51)28-38(56-43(54)48-19-15-35(16-20-48)49-21-12-33-8-6-7-11-37(33)44-42(49)53)41(52)47-24-22-46(23-25-47)34-13-17-45(18-14-34)29-39(50)55-36-9-4-3-5-10-36/h3-11,26-27,34-35,38,51H,12-25,28-29H2,1-2H3,(H,44,53)/t38-/m1/s1. The molecule has 4 amide bonds. The van der Waals surface area contributed by atoms with Crippen LogP contribution in [0.25, 0.3) is 0 Å². The molecule has 2 N–H and O–H groups in total. The number of esters is 1. The highest BCUT2D eigenvalue weighted by atomic mass is 16.6. The second-order valence-electron chi connectivity index (χ2n) is 15.6. The number of benzene rings is 3. The van der Waals surface area contributed by atoms with Gasteiger partial charge in [0, 0.05) is 83.1 Å². The van der Waals surface area contributed by atoms with E-state index in [1.54, 1.807) is 17.0 Å². The van der Waals surface area contributed by atoms with E-state index in [4.69, 9.17) is 9.47 Å². The quantitative estimate of drug-likeness (QED) is 0.232. The van der Waals surface area contributed by atoms with Crippen molar-refractivity contribution in [1.29, 1.82) is 0 Å². The summed E-state index contributed by atoms with van der Waals surface area (Å²) in [6.45, 7) is 9.43. The van der Waals surface area contributed by atoms with Gasteiger partial charge in [0.25, 0.3) is 5.91 Å². The summed E-state index contributed by atoms with van der Waals surface area (Å²) in [5.41, 5.74) is 4.17. The van der Waals surface area contributed by atoms with Gasteiger partial charge in [-0.15, -0.1) is 0 Å². The molecule has 1 atom stereocenters. The number of fused-ring (bicyclic) bond motifs is 1. The summed E-state index contributed by atoms with van der Waals surface area (Å²) in [6.07, 6.45) is 2.50. The van der Waals surface area contributed by atoms with E-state index >= 15 is 0 Å². The summed E-state index contributed by atoms with van der Waals surface area (Å²) in [6, 6.07) is 20.9. The molecule has 3 aromatic carbocycles. The number of likely N-dealkylation sites (tertiary alicyclic amines) is 2. The number of urea groups is 1. The van der Waals surface area contributed by atoms with E-state index in [1.807, 2.05) is 78.2 Å². The zero-order chi connectivity index (χ0) is 39.2. The number of amides is 4. The number of anilines is 1. The third-order valence-electron chi connectivity index (χ3n) is 11.8. The minimum atomic E-state index is -1.02. The zero-order valence-corrected chi connectivity index (χ0v) is 32.5. The number of aryl methyl sites for hydroxylation is 2. The average Bonchev–Trinajstić information content (AvgIpc) is 3.38. The van der Waals surface area contributed by atoms with Crippen molar-refractivity contribution in [2.24, 2.45) is 0 Å². The number of rotatable bonds is 9. The second kappa shape index (κ2) is 17.8. The Morgan fingerprint density at radius 2 is 1.43 bits per heavy atom. The van der Waals surface area contributed by atoms with Crippen molar-refractivity contribution < 1.29 is 33.8 Å². The first-order valence-corrected chi connectivity index (χ1v) is 20.0. The number of ether oxygens (including phenoxy) is 2. The third-order valence-corrected chi connectivity index (χ3v) is 11.8. The fourth-order valence-corrected chi connectivity index (χ4v) is 8.64. The summed E-state index contributed by atoms with van der Waals surface area (Å²) in [4.78, 5) is 63.5. The van der Waals surface area contributed by atoms with E-state index in [1.165, 1.54) is 0 Å². The molecule has 4 heterocycles. The van der Waals surface area contributed by atoms with Gasteiger partial charge in [0.15, 0.2) is 6.10 Å². The Labute approximate surface area is 329 Å². The number of hydrogen-bond acceptors (Lipinski definition) is 9. The number of carbonyl (C=O) groups is 4. The van der Waals surface area contributed by atoms with Crippen LogP contribution < -0.4 is 10.1 Å². The summed E-state index contributed by atoms with van der Waals surface area (Å²) in [5.74, 6) is 0.293. The van der Waals surface area contributed by atoms with Crippen molar-refractivity contribution in [3.8, 4) is 11.5 Å². The van der Waals surface area contributed by atoms with Gasteiger partial charge < -0.3 is 34.6 Å². The number of para-hydroxylation sites is 2. The lowest BCUT2D eigenvalue weighted by Gasteiger charge is -2.43. The van der Waals surface area contributed by atoms with Crippen LogP contribution >= 0.6 is 0 Å². The topological polar surface area (TPSA) is 135 Å². The predicted molar refractivity (Wildman–Crippen MR) is 212 cm³/mol. The van der Waals surface area contributed by atoms with Crippen LogP contribution in [0.3, 0.4) is 0 Å². The number of phenolic OH excluding ortho intramolecular Hbond substituents is 1. The van der Waals surface area contributed by atoms with Gasteiger partial charge in [-0.3, -0.25) is 19.4 Å². The molecular weight excluding hydrogens is 713 g/mol. The van der Waals surface area contributed by atoms with Gasteiger partial charge in [-0.1, -0.05) is 48.5 Å². The number of nitrogens with zero attached hydrogens (tertiary/aromatic N) is 5. The molecule has 0 aromatic heterocycles. The predicted octanol–water partition coefficient (Wildman–Crippen LogP) is 4.83. The lowest BCUT2D eigenvalue weighted by atomic mass is 10.00. The fourth-order valence-electron chi connectivity index (χ4n) is 8.64. The van der Waals surface area contributed by atoms with Crippen molar-refractivity contribution in [3.63, 3.8) is 0 Å². The van der Waals surface area contributed by atoms with E-state index in [9.17, 15) is 24.3 Å². The molecule has 0 unspecified atom stereocenters. The number of piperidine rings is 2. The van der Waals surface area contributed by atoms with Crippen molar-refractivity contribution in [2.45, 2.75) is 70.6 Å². The maximum atomic E-state index is 14.2. The molecular formula is C43H54N6O7. The molecule has 56 heavy (non-hydrogen) atoms. The molecule has 0 saturated carbocycles. The molecule has 0 spiro atoms. The molecule has 3 aromatic rings. The summed E-state index contributed by atoms with van der Waals surface area (Å²) in [5, 5.41) is 13.5. The maximum absolute atomic E-state index is 14.2. The highest BCUT2D eigenvalue weighted by Crippen LogP contribution is 2.27. The van der Waals surface area contributed by atoms with Crippen LogP contribution in [0.2, 0.25) is 0 Å². The number of aromatic hydroxyl groups is 1. The molecule has 0 radical (unpaired) electrons. The van der Waals surface area contributed by atoms with E-state index in [-0.39, 0.29) is 42.7 Å². The molecule has 0 bridgehead atoms. The number of nitrogens with one attached hydrogen (secondary N) is 1. The molecule has 298 valence electrons. The van der Waals surface area contributed by atoms with Crippen molar-refractivity contribution in [3.05, 3.63) is 89.0 Å². The van der Waals surface area contributed by atoms with Gasteiger partial charge >= 0.3 is 18.1 Å². The van der Waals surface area contributed by atoms with Gasteiger partial charge in [-0.25, -0.2) is 9.59 Å². The smallest absolute Gasteiger partial charge is 0.410 e. The number of piperazine rings is 1. The van der Waals surface area contributed by atoms with Crippen LogP contribution in [0, 0.1) is 13.8 Å². The molecule has 7 rings (SSSR count). The van der Waals surface area contributed by atoms with Crippen molar-refractivity contribution in [2.75, 3.05) is 70.8 Å². The van der Waals surface area contributed by atoms with Crippen LogP contribution in [0.5, 0.6) is 11.5 Å². The summed E-state index contributed by atoms with van der Waals surface area (Å²) in [7, 11) is 0. The number of phenols is 1. The van der Waals surface area contributed by atoms with Crippen LogP contribution in [-0.4, -0.2) is 137 Å². The lowest BCUT2D eigenvalue weighted by molar-refractivity contribution is -0.143. The van der Waals surface area contributed by atoms with Gasteiger partial charge in [0.05, 0.1) is 6.54 Å². The van der Waals surface area contributed by atoms with Crippen LogP contribution in [-0.2, 0) is 27.2 Å². The first kappa shape index (κ1) is 39.1. The molecule has 13 heteroatoms. The van der Waals surface area contributed by atoms with Crippen molar-refractivity contribution in [1.82, 2.24) is 24.5 Å². The van der Waals surface area contributed by atoms with Gasteiger partial charge in [-0.05, 0) is 86.4 Å². The summed E-state index contributed by atoms with van der Waals surface area (Å²) < 4.78 is 11.6. The van der Waals surface area contributed by atoms with E-state index in [0.29, 0.717) is 81.6 Å². The van der Waals surface area contributed by atoms with Gasteiger partial charge in [-0.2, -0.15) is 0 Å². The van der Waals surface area contributed by atoms with Crippen LogP contribution in [0.4, 0.5) is 15.3 Å². The number of hydrogen-bond donors (Lipinski definition) is 2. The Balaban J connectivity index is 0.923. The zero-order valence-electron chi connectivity index (χ0n) is 32.5. The summed E-state index contributed by atoms with van der Waals surface area (Å²) >= 11 is 0. The Hall–Kier alpha value is -5.14. The normalized spacial score (nSPS) is 19.5. The Kier molecular flexibility index (Phi) is 12.4. The SMILES string of the molecule is Cc1cc(C[C@@H](OC(=O)N2CCC(N3CCc4ccccc4NC3=O)CC2)C(=O)N2CCN(C3CCN(CC(=O)Oc4ccccc4)CC3)CC2)cc(C)c1O. The van der Waals surface area contributed by atoms with Gasteiger partial charge in [0.1, 0.15) is 11.5 Å². The average molecular weight is 767 g/mol. The largest absolute Gasteiger partial charge is 0.507 e. The number of carbonyl (C=O) groups excluding carboxylic acids is 4. The first-order chi connectivity index (χ1) is 27.1. The fraction of sp³-hybridized carbons (Fsp3) is 0.488. The molecule has 3 fully saturated rings. The first-order valence-electron chi connectivity index (χ1n) is 20.0. The molecule has 4 aliphatic rings. The monoisotopic (exact) mass is 766 g/mol. The maximum Gasteiger partial charge on any atom is 0.410 e. The molecule has 4 aliphatic heterocycles. The van der Waals surface area contributed by atoms with Crippen LogP contribution in [0.1, 0.15) is 47.9 Å². The second-order valence-corrected chi connectivity index (χ2v) is 15.6.